The fraction of sp³-hybridized carbons (Fsp3) is 0.550. The van der Waals surface area contributed by atoms with Gasteiger partial charge in [-0.25, -0.2) is 31.6 Å². The Bertz CT molecular complexity index is 2560. The molecule has 0 bridgehead atoms. The fourth-order valence-corrected chi connectivity index (χ4v) is 12.6. The molecule has 6 N–H and O–H groups in total. The first-order valence-electron chi connectivity index (χ1n) is 19.0. The Balaban J connectivity index is 0.000000166. The van der Waals surface area contributed by atoms with Gasteiger partial charge in [0.05, 0.1) is 56.5 Å². The van der Waals surface area contributed by atoms with Crippen molar-refractivity contribution >= 4 is 65.2 Å². The maximum absolute atomic E-state index is 12.9. The van der Waals surface area contributed by atoms with Gasteiger partial charge in [-0.1, -0.05) is 55.4 Å². The smallest absolute Gasteiger partial charge is 0.354 e. The van der Waals surface area contributed by atoms with Crippen LogP contribution in [0.2, 0.25) is 0 Å². The number of carboxylic acids is 1. The van der Waals surface area contributed by atoms with Crippen molar-refractivity contribution in [3.05, 3.63) is 58.2 Å². The molecule has 17 heteroatoms. The third-order valence-corrected chi connectivity index (χ3v) is 14.9. The summed E-state index contributed by atoms with van der Waals surface area (Å²) in [5, 5.41) is 11.9. The highest BCUT2D eigenvalue weighted by Crippen LogP contribution is 2.49. The van der Waals surface area contributed by atoms with Gasteiger partial charge in [-0.2, -0.15) is 0 Å². The molecule has 0 spiro atoms. The second-order valence-corrected chi connectivity index (χ2v) is 23.0. The van der Waals surface area contributed by atoms with Crippen LogP contribution in [0.25, 0.3) is 22.1 Å². The molecule has 8 rings (SSSR count). The molecule has 2 aliphatic carbocycles. The van der Waals surface area contributed by atoms with Crippen molar-refractivity contribution in [2.75, 3.05) is 23.0 Å². The molecule has 15 nitrogen and oxygen atoms in total. The van der Waals surface area contributed by atoms with Crippen molar-refractivity contribution in [2.24, 2.45) is 16.6 Å². The largest absolute Gasteiger partial charge is 0.477 e. The molecule has 1 amide bonds. The standard InChI is InChI=1S/C20H25N3O4S.C16H18N2O3.C4H9NO2S/c1-19(2)10-20(3,4)17(24)16-14(19)15-12(22-16)5-6-13(23-15)18(25)21-11-7-8-28(26,27)9-11;1-15(2)7-16(3,4)13(19)12-10(15)11-8(17-12)5-6-9(18-11)14(20)21;5-4-1-2-8(6,7)3-4/h5-6,11,22H,7-10H2,1-4H3,(H,21,25);5-6,17H,7H2,1-4H3,(H,20,21);4H,1-3,5H2. The number of carbonyl (C=O) groups excluding carboxylic acids is 3. The minimum atomic E-state index is -3.07. The zero-order valence-corrected chi connectivity index (χ0v) is 35.3. The highest BCUT2D eigenvalue weighted by Gasteiger charge is 2.47. The number of ketones is 2. The average molecular weight is 825 g/mol. The normalized spacial score (nSPS) is 24.4. The molecule has 2 atom stereocenters. The summed E-state index contributed by atoms with van der Waals surface area (Å²) in [5.74, 6) is -0.792. The van der Waals surface area contributed by atoms with Crippen LogP contribution in [0.3, 0.4) is 0 Å². The number of hydrogen-bond donors (Lipinski definition) is 5. The van der Waals surface area contributed by atoms with Crippen LogP contribution in [0, 0.1) is 10.8 Å². The second-order valence-electron chi connectivity index (χ2n) is 18.5. The third-order valence-electron chi connectivity index (χ3n) is 11.4. The number of nitrogens with two attached hydrogens (primary N) is 1. The van der Waals surface area contributed by atoms with E-state index in [4.69, 9.17) is 10.8 Å². The van der Waals surface area contributed by atoms with Crippen molar-refractivity contribution in [3.8, 4) is 0 Å². The summed E-state index contributed by atoms with van der Waals surface area (Å²) in [7, 11) is -5.79. The number of amides is 1. The van der Waals surface area contributed by atoms with E-state index >= 15 is 0 Å². The lowest BCUT2D eigenvalue weighted by Crippen LogP contribution is -2.39. The van der Waals surface area contributed by atoms with Crippen molar-refractivity contribution in [3.63, 3.8) is 0 Å². The number of aromatic nitrogens is 4. The molecule has 0 radical (unpaired) electrons. The molecule has 308 valence electrons. The quantitative estimate of drug-likeness (QED) is 0.189. The van der Waals surface area contributed by atoms with E-state index in [0.717, 1.165) is 16.6 Å². The summed E-state index contributed by atoms with van der Waals surface area (Å²) in [5.41, 5.74) is 9.64. The lowest BCUT2D eigenvalue weighted by Gasteiger charge is -2.39. The van der Waals surface area contributed by atoms with Gasteiger partial charge in [0.15, 0.2) is 31.2 Å². The van der Waals surface area contributed by atoms with Crippen molar-refractivity contribution in [1.29, 1.82) is 0 Å². The van der Waals surface area contributed by atoms with Crippen LogP contribution in [0.15, 0.2) is 24.3 Å². The molecule has 2 unspecified atom stereocenters. The first-order valence-corrected chi connectivity index (χ1v) is 22.6. The predicted octanol–water partition coefficient (Wildman–Crippen LogP) is 4.65. The Morgan fingerprint density at radius 3 is 1.53 bits per heavy atom. The van der Waals surface area contributed by atoms with Crippen LogP contribution >= 0.6 is 0 Å². The fourth-order valence-electron chi connectivity index (χ4n) is 9.25. The molecule has 57 heavy (non-hydrogen) atoms. The monoisotopic (exact) mass is 824 g/mol. The summed E-state index contributed by atoms with van der Waals surface area (Å²) < 4.78 is 44.3. The van der Waals surface area contributed by atoms with Crippen LogP contribution in [0.4, 0.5) is 0 Å². The lowest BCUT2D eigenvalue weighted by atomic mass is 9.63. The van der Waals surface area contributed by atoms with Crippen LogP contribution < -0.4 is 11.1 Å². The number of nitrogens with zero attached hydrogens (tertiary/aromatic N) is 2. The number of nitrogens with one attached hydrogen (secondary N) is 3. The van der Waals surface area contributed by atoms with E-state index < -0.39 is 36.5 Å². The molecular weight excluding hydrogens is 773 g/mol. The number of aromatic carboxylic acids is 1. The van der Waals surface area contributed by atoms with Crippen molar-refractivity contribution in [1.82, 2.24) is 25.3 Å². The number of hydrogen-bond acceptors (Lipinski definition) is 11. The zero-order valence-electron chi connectivity index (χ0n) is 33.6. The van der Waals surface area contributed by atoms with Crippen LogP contribution in [-0.2, 0) is 30.5 Å². The van der Waals surface area contributed by atoms with E-state index in [9.17, 15) is 36.0 Å². The Morgan fingerprint density at radius 2 is 1.14 bits per heavy atom. The molecule has 0 saturated carbocycles. The van der Waals surface area contributed by atoms with E-state index in [1.54, 1.807) is 18.2 Å². The Hall–Kier alpha value is -4.48. The molecule has 2 fully saturated rings. The van der Waals surface area contributed by atoms with Crippen molar-refractivity contribution < 1.29 is 41.1 Å². The van der Waals surface area contributed by atoms with Crippen molar-refractivity contribution in [2.45, 2.75) is 104 Å². The number of sulfone groups is 2. The van der Waals surface area contributed by atoms with Crippen LogP contribution in [-0.4, -0.2) is 100 Å². The minimum Gasteiger partial charge on any atom is -0.477 e. The maximum atomic E-state index is 12.9. The van der Waals surface area contributed by atoms with Gasteiger partial charge in [0.1, 0.15) is 11.4 Å². The van der Waals surface area contributed by atoms with E-state index in [-0.39, 0.29) is 74.8 Å². The first kappa shape index (κ1) is 42.1. The number of carboxylic acid groups (broad SMARTS) is 1. The highest BCUT2D eigenvalue weighted by atomic mass is 32.2. The molecule has 2 saturated heterocycles. The highest BCUT2D eigenvalue weighted by molar-refractivity contribution is 7.91. The Morgan fingerprint density at radius 1 is 0.702 bits per heavy atom. The van der Waals surface area contributed by atoms with Gasteiger partial charge in [-0.15, -0.1) is 0 Å². The number of rotatable bonds is 3. The molecule has 4 aliphatic rings. The molecule has 6 heterocycles. The van der Waals surface area contributed by atoms with Crippen LogP contribution in [0.5, 0.6) is 0 Å². The molecule has 4 aromatic heterocycles. The number of Topliss-reactive ketones (excluding diaryl/α,β-unsaturated/α-hetero) is 2. The lowest BCUT2D eigenvalue weighted by molar-refractivity contribution is 0.0689. The number of H-pyrrole nitrogens is 2. The number of carbonyl (C=O) groups is 4. The molecule has 4 aromatic rings. The second kappa shape index (κ2) is 14.1. The minimum absolute atomic E-state index is 0.00242. The van der Waals surface area contributed by atoms with Crippen LogP contribution in [0.1, 0.15) is 134 Å². The van der Waals surface area contributed by atoms with E-state index in [0.29, 0.717) is 53.6 Å². The summed E-state index contributed by atoms with van der Waals surface area (Å²) in [6.07, 6.45) is 2.46. The third kappa shape index (κ3) is 8.28. The van der Waals surface area contributed by atoms with Gasteiger partial charge in [0.2, 0.25) is 0 Å². The Labute approximate surface area is 332 Å². The van der Waals surface area contributed by atoms with Gasteiger partial charge in [0, 0.05) is 34.0 Å². The Kier molecular flexibility index (Phi) is 10.4. The summed E-state index contributed by atoms with van der Waals surface area (Å²) in [6, 6.07) is 6.02. The summed E-state index contributed by atoms with van der Waals surface area (Å²) in [4.78, 5) is 64.4. The summed E-state index contributed by atoms with van der Waals surface area (Å²) >= 11 is 0. The van der Waals surface area contributed by atoms with Gasteiger partial charge in [0.25, 0.3) is 5.91 Å². The van der Waals surface area contributed by atoms with Gasteiger partial charge in [-0.3, -0.25) is 14.4 Å². The van der Waals surface area contributed by atoms with E-state index in [1.807, 2.05) is 27.7 Å². The predicted molar refractivity (Wildman–Crippen MR) is 216 cm³/mol. The summed E-state index contributed by atoms with van der Waals surface area (Å²) in [6.45, 7) is 16.1. The van der Waals surface area contributed by atoms with E-state index in [1.165, 1.54) is 6.07 Å². The molecule has 0 aromatic carbocycles. The number of fused-ring (bicyclic) bond motifs is 6. The van der Waals surface area contributed by atoms with Gasteiger partial charge in [-0.05, 0) is 60.8 Å². The topological polar surface area (TPSA) is 252 Å². The maximum Gasteiger partial charge on any atom is 0.354 e. The SMILES string of the molecule is CC1(C)CC(C)(C)c2c([nH]c3ccc(C(=O)NC4CCS(=O)(=O)C4)nc23)C1=O.CC1(C)CC(C)(C)c2c([nH]c3ccc(C(=O)O)nc23)C1=O.NC1CCS(=O)(=O)C1. The van der Waals surface area contributed by atoms with E-state index in [2.05, 4.69) is 52.9 Å². The van der Waals surface area contributed by atoms with Gasteiger partial charge < -0.3 is 26.1 Å². The average Bonchev–Trinajstić information content (AvgIpc) is 3.83. The number of pyridine rings is 2. The molecular formula is C40H52N6O9S2. The molecule has 2 aliphatic heterocycles. The van der Waals surface area contributed by atoms with Gasteiger partial charge >= 0.3 is 5.97 Å². The number of aromatic amines is 2. The first-order chi connectivity index (χ1) is 26.1. The zero-order chi connectivity index (χ0) is 42.3.